The Balaban J connectivity index is 2.06. The smallest absolute Gasteiger partial charge is 0.128 e. The topological polar surface area (TPSA) is 79.6 Å². The van der Waals surface area contributed by atoms with Gasteiger partial charge in [0.2, 0.25) is 0 Å². The molecule has 5 nitrogen and oxygen atoms in total. The molecule has 21 heavy (non-hydrogen) atoms. The molecule has 3 aromatic rings. The molecule has 2 heterocycles. The van der Waals surface area contributed by atoms with Crippen molar-refractivity contribution in [3.8, 4) is 0 Å². The number of aromatic nitrogens is 3. The Hall–Kier alpha value is -2.08. The van der Waals surface area contributed by atoms with Crippen LogP contribution in [0.25, 0.3) is 10.9 Å². The number of hydrogen-bond donors (Lipinski definition) is 3. The summed E-state index contributed by atoms with van der Waals surface area (Å²) in [4.78, 5) is 11.8. The Morgan fingerprint density at radius 3 is 2.95 bits per heavy atom. The van der Waals surface area contributed by atoms with Crippen molar-refractivity contribution in [1.82, 2.24) is 15.0 Å². The third-order valence-electron chi connectivity index (χ3n) is 3.44. The van der Waals surface area contributed by atoms with Gasteiger partial charge in [-0.3, -0.25) is 4.98 Å². The molecule has 1 unspecified atom stereocenters. The summed E-state index contributed by atoms with van der Waals surface area (Å²) < 4.78 is 0.997. The SMILES string of the molecule is CCC(Nc1c(N)cnc2ccc(Br)cc12)c1ncc[nH]1. The Kier molecular flexibility index (Phi) is 3.79. The first-order valence-corrected chi connectivity index (χ1v) is 7.58. The Morgan fingerprint density at radius 1 is 1.38 bits per heavy atom. The molecule has 0 saturated heterocycles. The van der Waals surface area contributed by atoms with Crippen molar-refractivity contribution in [1.29, 1.82) is 0 Å². The van der Waals surface area contributed by atoms with E-state index in [9.17, 15) is 0 Å². The van der Waals surface area contributed by atoms with Crippen LogP contribution in [0.3, 0.4) is 0 Å². The summed E-state index contributed by atoms with van der Waals surface area (Å²) in [6.07, 6.45) is 6.16. The average molecular weight is 346 g/mol. The molecule has 0 saturated carbocycles. The lowest BCUT2D eigenvalue weighted by molar-refractivity contribution is 0.705. The van der Waals surface area contributed by atoms with Gasteiger partial charge in [-0.2, -0.15) is 0 Å². The van der Waals surface area contributed by atoms with Crippen LogP contribution < -0.4 is 11.1 Å². The van der Waals surface area contributed by atoms with Crippen molar-refractivity contribution >= 4 is 38.2 Å². The van der Waals surface area contributed by atoms with Gasteiger partial charge in [0, 0.05) is 22.3 Å². The number of nitrogen functional groups attached to an aromatic ring is 1. The standard InChI is InChI=1S/C15H16BrN5/c1-2-12(15-18-5-6-19-15)21-14-10-7-9(16)3-4-13(10)20-8-11(14)17/h3-8,12H,2,17H2,1H3,(H,18,19)(H,20,21). The van der Waals surface area contributed by atoms with Gasteiger partial charge >= 0.3 is 0 Å². The number of nitrogens with two attached hydrogens (primary N) is 1. The summed E-state index contributed by atoms with van der Waals surface area (Å²) in [6, 6.07) is 6.04. The van der Waals surface area contributed by atoms with Gasteiger partial charge in [0.25, 0.3) is 0 Å². The largest absolute Gasteiger partial charge is 0.396 e. The van der Waals surface area contributed by atoms with E-state index in [1.54, 1.807) is 12.4 Å². The number of H-pyrrole nitrogens is 1. The van der Waals surface area contributed by atoms with Crippen LogP contribution in [0.1, 0.15) is 25.2 Å². The molecule has 3 rings (SSSR count). The van der Waals surface area contributed by atoms with Gasteiger partial charge in [0.15, 0.2) is 0 Å². The van der Waals surface area contributed by atoms with Crippen LogP contribution in [-0.2, 0) is 0 Å². The lowest BCUT2D eigenvalue weighted by Crippen LogP contribution is -2.13. The lowest BCUT2D eigenvalue weighted by Gasteiger charge is -2.19. The van der Waals surface area contributed by atoms with Crippen LogP contribution in [0.2, 0.25) is 0 Å². The molecule has 2 aromatic heterocycles. The molecular formula is C15H16BrN5. The normalized spacial score (nSPS) is 12.5. The van der Waals surface area contributed by atoms with Crippen molar-refractivity contribution in [2.24, 2.45) is 0 Å². The summed E-state index contributed by atoms with van der Waals surface area (Å²) in [5.74, 6) is 0.900. The zero-order valence-electron chi connectivity index (χ0n) is 11.6. The number of aromatic amines is 1. The third kappa shape index (κ3) is 2.71. The van der Waals surface area contributed by atoms with Crippen LogP contribution in [0.5, 0.6) is 0 Å². The summed E-state index contributed by atoms with van der Waals surface area (Å²) in [7, 11) is 0. The highest BCUT2D eigenvalue weighted by Gasteiger charge is 2.15. The Labute approximate surface area is 131 Å². The van der Waals surface area contributed by atoms with Crippen molar-refractivity contribution < 1.29 is 0 Å². The van der Waals surface area contributed by atoms with Crippen molar-refractivity contribution in [3.63, 3.8) is 0 Å². The summed E-state index contributed by atoms with van der Waals surface area (Å²) >= 11 is 3.50. The fraction of sp³-hybridized carbons (Fsp3) is 0.200. The zero-order chi connectivity index (χ0) is 14.8. The highest BCUT2D eigenvalue weighted by molar-refractivity contribution is 9.10. The number of anilines is 2. The first-order chi connectivity index (χ1) is 10.2. The molecule has 108 valence electrons. The van der Waals surface area contributed by atoms with Gasteiger partial charge < -0.3 is 16.0 Å². The minimum atomic E-state index is 0.0758. The molecular weight excluding hydrogens is 330 g/mol. The van der Waals surface area contributed by atoms with Gasteiger partial charge in [0.1, 0.15) is 5.82 Å². The van der Waals surface area contributed by atoms with Gasteiger partial charge in [0.05, 0.1) is 29.1 Å². The molecule has 0 bridgehead atoms. The number of imidazole rings is 1. The fourth-order valence-electron chi connectivity index (χ4n) is 2.35. The Bertz CT molecular complexity index is 749. The van der Waals surface area contributed by atoms with E-state index < -0.39 is 0 Å². The number of halogens is 1. The predicted molar refractivity (Wildman–Crippen MR) is 89.1 cm³/mol. The van der Waals surface area contributed by atoms with E-state index in [2.05, 4.69) is 43.1 Å². The van der Waals surface area contributed by atoms with E-state index in [4.69, 9.17) is 5.73 Å². The van der Waals surface area contributed by atoms with Crippen LogP contribution >= 0.6 is 15.9 Å². The van der Waals surface area contributed by atoms with Crippen molar-refractivity contribution in [2.45, 2.75) is 19.4 Å². The molecule has 1 aromatic carbocycles. The maximum atomic E-state index is 6.12. The molecule has 1 atom stereocenters. The number of pyridine rings is 1. The van der Waals surface area contributed by atoms with Gasteiger partial charge in [-0.05, 0) is 24.6 Å². The van der Waals surface area contributed by atoms with Crippen LogP contribution in [0, 0.1) is 0 Å². The number of nitrogens with one attached hydrogen (secondary N) is 2. The minimum Gasteiger partial charge on any atom is -0.396 e. The first-order valence-electron chi connectivity index (χ1n) is 6.78. The second kappa shape index (κ2) is 5.73. The van der Waals surface area contributed by atoms with E-state index in [0.717, 1.165) is 33.3 Å². The highest BCUT2D eigenvalue weighted by atomic mass is 79.9. The highest BCUT2D eigenvalue weighted by Crippen LogP contribution is 2.33. The number of nitrogens with zero attached hydrogens (tertiary/aromatic N) is 2. The molecule has 0 fully saturated rings. The van der Waals surface area contributed by atoms with Gasteiger partial charge in [-0.15, -0.1) is 0 Å². The number of rotatable bonds is 4. The van der Waals surface area contributed by atoms with Crippen LogP contribution in [0.15, 0.2) is 41.3 Å². The average Bonchev–Trinajstić information content (AvgIpc) is 3.00. The van der Waals surface area contributed by atoms with Crippen LogP contribution in [0.4, 0.5) is 11.4 Å². The van der Waals surface area contributed by atoms with E-state index in [0.29, 0.717) is 5.69 Å². The maximum absolute atomic E-state index is 6.12. The molecule has 0 aliphatic rings. The zero-order valence-corrected chi connectivity index (χ0v) is 13.2. The van der Waals surface area contributed by atoms with E-state index in [1.165, 1.54) is 0 Å². The molecule has 4 N–H and O–H groups in total. The first kappa shape index (κ1) is 13.9. The number of hydrogen-bond acceptors (Lipinski definition) is 4. The van der Waals surface area contributed by atoms with Crippen LogP contribution in [-0.4, -0.2) is 15.0 Å². The Morgan fingerprint density at radius 2 is 2.24 bits per heavy atom. The third-order valence-corrected chi connectivity index (χ3v) is 3.93. The lowest BCUT2D eigenvalue weighted by atomic mass is 10.1. The molecule has 6 heteroatoms. The van der Waals surface area contributed by atoms with E-state index >= 15 is 0 Å². The molecule has 0 spiro atoms. The number of fused-ring (bicyclic) bond motifs is 1. The maximum Gasteiger partial charge on any atom is 0.128 e. The summed E-state index contributed by atoms with van der Waals surface area (Å²) in [5.41, 5.74) is 8.55. The van der Waals surface area contributed by atoms with Crippen molar-refractivity contribution in [3.05, 3.63) is 47.1 Å². The molecule has 0 radical (unpaired) electrons. The molecule has 0 amide bonds. The molecule has 0 aliphatic carbocycles. The summed E-state index contributed by atoms with van der Waals surface area (Å²) in [6.45, 7) is 2.11. The van der Waals surface area contributed by atoms with Gasteiger partial charge in [-0.25, -0.2) is 4.98 Å². The van der Waals surface area contributed by atoms with E-state index in [1.807, 2.05) is 24.4 Å². The summed E-state index contributed by atoms with van der Waals surface area (Å²) in [5, 5.41) is 4.48. The second-order valence-electron chi connectivity index (χ2n) is 4.83. The second-order valence-corrected chi connectivity index (χ2v) is 5.75. The predicted octanol–water partition coefficient (Wildman–Crippen LogP) is 3.87. The molecule has 0 aliphatic heterocycles. The quantitative estimate of drug-likeness (QED) is 0.670. The fourth-order valence-corrected chi connectivity index (χ4v) is 2.71. The van der Waals surface area contributed by atoms with Gasteiger partial charge in [-0.1, -0.05) is 22.9 Å². The minimum absolute atomic E-state index is 0.0758. The van der Waals surface area contributed by atoms with Crippen molar-refractivity contribution in [2.75, 3.05) is 11.1 Å². The number of benzene rings is 1. The van der Waals surface area contributed by atoms with E-state index in [-0.39, 0.29) is 6.04 Å². The monoisotopic (exact) mass is 345 g/mol.